The van der Waals surface area contributed by atoms with E-state index in [-0.39, 0.29) is 0 Å². The maximum absolute atomic E-state index is 10.9. The summed E-state index contributed by atoms with van der Waals surface area (Å²) in [5.41, 5.74) is 6.65. The summed E-state index contributed by atoms with van der Waals surface area (Å²) >= 11 is 0. The molecular formula is C15H19NO2. The second-order valence-electron chi connectivity index (χ2n) is 5.27. The van der Waals surface area contributed by atoms with Gasteiger partial charge in [0.05, 0.1) is 6.61 Å². The number of carbonyl (C=O) groups is 1. The van der Waals surface area contributed by atoms with E-state index in [9.17, 15) is 4.79 Å². The minimum Gasteiger partial charge on any atom is -0.384 e. The van der Waals surface area contributed by atoms with E-state index in [4.69, 9.17) is 4.74 Å². The second kappa shape index (κ2) is 4.73. The highest BCUT2D eigenvalue weighted by Crippen LogP contribution is 2.43. The first-order chi connectivity index (χ1) is 8.85. The molecule has 0 spiro atoms. The quantitative estimate of drug-likeness (QED) is 0.827. The Labute approximate surface area is 108 Å². The first-order valence-electron chi connectivity index (χ1n) is 6.71. The van der Waals surface area contributed by atoms with Gasteiger partial charge in [-0.05, 0) is 54.4 Å². The van der Waals surface area contributed by atoms with Crippen LogP contribution in [0.2, 0.25) is 0 Å². The Morgan fingerprint density at radius 2 is 2.28 bits per heavy atom. The van der Waals surface area contributed by atoms with Crippen molar-refractivity contribution < 1.29 is 9.53 Å². The molecule has 3 nitrogen and oxygen atoms in total. The van der Waals surface area contributed by atoms with Crippen molar-refractivity contribution in [2.45, 2.75) is 38.0 Å². The van der Waals surface area contributed by atoms with Gasteiger partial charge in [0.25, 0.3) is 0 Å². The number of rotatable bonds is 4. The van der Waals surface area contributed by atoms with Gasteiger partial charge in [-0.3, -0.25) is 4.79 Å². The van der Waals surface area contributed by atoms with Crippen molar-refractivity contribution in [3.63, 3.8) is 0 Å². The standard InChI is InChI=1S/C15H19NO2/c1-18-8-12-6-5-11-7-10-3-2-4-13(10)15(14(11)12)16-9-17/h7,9,12H,2-6,8H2,1H3,(H,16,17)/t12-/m1/s1. The molecule has 1 aromatic rings. The SMILES string of the molecule is COC[C@H]1CCc2cc3c(c(NC=O)c21)CCC3. The molecule has 3 heteroatoms. The van der Waals surface area contributed by atoms with Crippen LogP contribution in [0.5, 0.6) is 0 Å². The number of carbonyl (C=O) groups excluding carboxylic acids is 1. The van der Waals surface area contributed by atoms with E-state index in [2.05, 4.69) is 11.4 Å². The van der Waals surface area contributed by atoms with Gasteiger partial charge in [0.15, 0.2) is 0 Å². The summed E-state index contributed by atoms with van der Waals surface area (Å²) in [7, 11) is 1.75. The summed E-state index contributed by atoms with van der Waals surface area (Å²) < 4.78 is 5.32. The van der Waals surface area contributed by atoms with E-state index in [1.807, 2.05) is 0 Å². The molecule has 2 aliphatic carbocycles. The van der Waals surface area contributed by atoms with Crippen molar-refractivity contribution in [1.29, 1.82) is 0 Å². The van der Waals surface area contributed by atoms with E-state index in [1.54, 1.807) is 7.11 Å². The molecule has 96 valence electrons. The van der Waals surface area contributed by atoms with Gasteiger partial charge in [0.2, 0.25) is 6.41 Å². The first kappa shape index (κ1) is 11.7. The Balaban J connectivity index is 2.11. The molecular weight excluding hydrogens is 226 g/mol. The van der Waals surface area contributed by atoms with Crippen LogP contribution in [0.15, 0.2) is 6.07 Å². The minimum atomic E-state index is 0.443. The lowest BCUT2D eigenvalue weighted by atomic mass is 9.94. The van der Waals surface area contributed by atoms with Gasteiger partial charge >= 0.3 is 0 Å². The number of nitrogens with one attached hydrogen (secondary N) is 1. The fourth-order valence-corrected chi connectivity index (χ4v) is 3.56. The molecule has 0 aliphatic heterocycles. The first-order valence-corrected chi connectivity index (χ1v) is 6.71. The molecule has 0 unspecified atom stereocenters. The van der Waals surface area contributed by atoms with Crippen molar-refractivity contribution in [3.8, 4) is 0 Å². The highest BCUT2D eigenvalue weighted by atomic mass is 16.5. The fraction of sp³-hybridized carbons (Fsp3) is 0.533. The molecule has 0 radical (unpaired) electrons. The zero-order valence-corrected chi connectivity index (χ0v) is 10.8. The van der Waals surface area contributed by atoms with Crippen LogP contribution >= 0.6 is 0 Å². The molecule has 2 aliphatic rings. The van der Waals surface area contributed by atoms with Gasteiger partial charge in [0.1, 0.15) is 0 Å². The fourth-order valence-electron chi connectivity index (χ4n) is 3.56. The van der Waals surface area contributed by atoms with E-state index >= 15 is 0 Å². The maximum atomic E-state index is 10.9. The maximum Gasteiger partial charge on any atom is 0.211 e. The average Bonchev–Trinajstić information content (AvgIpc) is 2.97. The number of methoxy groups -OCH3 is 1. The Morgan fingerprint density at radius 3 is 3.06 bits per heavy atom. The van der Waals surface area contributed by atoms with Crippen LogP contribution < -0.4 is 5.32 Å². The third-order valence-corrected chi connectivity index (χ3v) is 4.27. The van der Waals surface area contributed by atoms with Crippen LogP contribution in [0.25, 0.3) is 0 Å². The van der Waals surface area contributed by atoms with Gasteiger partial charge in [-0.2, -0.15) is 0 Å². The highest BCUT2D eigenvalue weighted by molar-refractivity contribution is 5.79. The lowest BCUT2D eigenvalue weighted by Gasteiger charge is -2.18. The van der Waals surface area contributed by atoms with E-state index in [0.29, 0.717) is 5.92 Å². The van der Waals surface area contributed by atoms with E-state index in [1.165, 1.54) is 28.7 Å². The van der Waals surface area contributed by atoms with Gasteiger partial charge < -0.3 is 10.1 Å². The molecule has 0 fully saturated rings. The summed E-state index contributed by atoms with van der Waals surface area (Å²) in [5.74, 6) is 0.443. The molecule has 18 heavy (non-hydrogen) atoms. The van der Waals surface area contributed by atoms with Crippen LogP contribution in [-0.2, 0) is 28.8 Å². The average molecular weight is 245 g/mol. The Bertz CT molecular complexity index is 482. The van der Waals surface area contributed by atoms with Crippen LogP contribution in [-0.4, -0.2) is 20.1 Å². The number of hydrogen-bond acceptors (Lipinski definition) is 2. The Kier molecular flexibility index (Phi) is 3.08. The summed E-state index contributed by atoms with van der Waals surface area (Å²) in [5, 5.41) is 2.96. The van der Waals surface area contributed by atoms with E-state index < -0.39 is 0 Å². The molecule has 1 aromatic carbocycles. The highest BCUT2D eigenvalue weighted by Gasteiger charge is 2.29. The van der Waals surface area contributed by atoms with Gasteiger partial charge in [-0.15, -0.1) is 0 Å². The molecule has 1 atom stereocenters. The van der Waals surface area contributed by atoms with Crippen LogP contribution in [0.3, 0.4) is 0 Å². The van der Waals surface area contributed by atoms with Crippen molar-refractivity contribution in [2.75, 3.05) is 19.0 Å². The smallest absolute Gasteiger partial charge is 0.211 e. The number of amides is 1. The summed E-state index contributed by atoms with van der Waals surface area (Å²) in [6.45, 7) is 0.749. The van der Waals surface area contributed by atoms with Crippen molar-refractivity contribution in [2.24, 2.45) is 0 Å². The molecule has 0 bridgehead atoms. The Morgan fingerprint density at radius 1 is 1.39 bits per heavy atom. The van der Waals surface area contributed by atoms with Gasteiger partial charge in [-0.1, -0.05) is 6.07 Å². The monoisotopic (exact) mass is 245 g/mol. The zero-order chi connectivity index (χ0) is 12.5. The number of anilines is 1. The van der Waals surface area contributed by atoms with Gasteiger partial charge in [-0.25, -0.2) is 0 Å². The third kappa shape index (κ3) is 1.74. The summed E-state index contributed by atoms with van der Waals surface area (Å²) in [6.07, 6.45) is 6.53. The van der Waals surface area contributed by atoms with Crippen LogP contribution in [0.1, 0.15) is 41.0 Å². The summed E-state index contributed by atoms with van der Waals surface area (Å²) in [6, 6.07) is 2.36. The van der Waals surface area contributed by atoms with Crippen molar-refractivity contribution in [1.82, 2.24) is 0 Å². The normalized spacial score (nSPS) is 20.6. The lowest BCUT2D eigenvalue weighted by molar-refractivity contribution is -0.105. The number of benzene rings is 1. The van der Waals surface area contributed by atoms with E-state index in [0.717, 1.165) is 44.4 Å². The Hall–Kier alpha value is -1.35. The minimum absolute atomic E-state index is 0.443. The molecule has 1 N–H and O–H groups in total. The van der Waals surface area contributed by atoms with Crippen LogP contribution in [0.4, 0.5) is 5.69 Å². The molecule has 0 heterocycles. The molecule has 0 aromatic heterocycles. The predicted molar refractivity (Wildman–Crippen MR) is 71.1 cm³/mol. The molecule has 1 amide bonds. The second-order valence-corrected chi connectivity index (χ2v) is 5.27. The van der Waals surface area contributed by atoms with Crippen LogP contribution in [0, 0.1) is 0 Å². The molecule has 3 rings (SSSR count). The third-order valence-electron chi connectivity index (χ3n) is 4.27. The topological polar surface area (TPSA) is 38.3 Å². The zero-order valence-electron chi connectivity index (χ0n) is 10.8. The number of ether oxygens (including phenoxy) is 1. The lowest BCUT2D eigenvalue weighted by Crippen LogP contribution is -2.09. The summed E-state index contributed by atoms with van der Waals surface area (Å²) in [4.78, 5) is 10.9. The molecule has 0 saturated heterocycles. The largest absolute Gasteiger partial charge is 0.384 e. The van der Waals surface area contributed by atoms with Crippen molar-refractivity contribution in [3.05, 3.63) is 28.3 Å². The number of fused-ring (bicyclic) bond motifs is 2. The number of aryl methyl sites for hydroxylation is 2. The van der Waals surface area contributed by atoms with Gasteiger partial charge in [0, 0.05) is 18.7 Å². The predicted octanol–water partition coefficient (Wildman–Crippen LogP) is 2.42. The van der Waals surface area contributed by atoms with Crippen molar-refractivity contribution >= 4 is 12.1 Å². The number of hydrogen-bond donors (Lipinski definition) is 1. The molecule has 0 saturated carbocycles.